The number of hydrogen-bond acceptors (Lipinski definition) is 5. The van der Waals surface area contributed by atoms with Gasteiger partial charge in [0.1, 0.15) is 5.82 Å². The van der Waals surface area contributed by atoms with Gasteiger partial charge in [-0.1, -0.05) is 33.8 Å². The number of rotatable bonds is 5. The predicted octanol–water partition coefficient (Wildman–Crippen LogP) is 4.84. The number of thiophene rings is 1. The summed E-state index contributed by atoms with van der Waals surface area (Å²) in [6, 6.07) is 10.2. The summed E-state index contributed by atoms with van der Waals surface area (Å²) < 4.78 is 14.3. The fourth-order valence-electron chi connectivity index (χ4n) is 1.88. The van der Waals surface area contributed by atoms with Crippen molar-refractivity contribution in [2.75, 3.05) is 11.1 Å². The molecule has 0 fully saturated rings. The Hall–Kier alpha value is -1.77. The summed E-state index contributed by atoms with van der Waals surface area (Å²) in [6.07, 6.45) is 1.66. The number of nitrogens with one attached hydrogen (secondary N) is 1. The van der Waals surface area contributed by atoms with Crippen molar-refractivity contribution in [3.63, 3.8) is 0 Å². The lowest BCUT2D eigenvalue weighted by molar-refractivity contribution is -0.113. The molecule has 2 aromatic heterocycles. The van der Waals surface area contributed by atoms with Crippen molar-refractivity contribution >= 4 is 50.6 Å². The molecule has 24 heavy (non-hydrogen) atoms. The summed E-state index contributed by atoms with van der Waals surface area (Å²) in [5, 5.41) is 5.02. The molecular weight excluding hydrogens is 413 g/mol. The van der Waals surface area contributed by atoms with Gasteiger partial charge in [-0.05, 0) is 35.7 Å². The van der Waals surface area contributed by atoms with E-state index in [-0.39, 0.29) is 17.3 Å². The van der Waals surface area contributed by atoms with Gasteiger partial charge in [-0.2, -0.15) is 0 Å². The predicted molar refractivity (Wildman–Crippen MR) is 98.8 cm³/mol. The number of carbonyl (C=O) groups excluding carboxylic acids is 1. The molecule has 3 rings (SSSR count). The normalized spacial score (nSPS) is 10.6. The van der Waals surface area contributed by atoms with E-state index in [9.17, 15) is 9.18 Å². The van der Waals surface area contributed by atoms with Crippen LogP contribution in [0.5, 0.6) is 0 Å². The molecule has 0 bridgehead atoms. The van der Waals surface area contributed by atoms with Crippen LogP contribution < -0.4 is 5.32 Å². The molecule has 122 valence electrons. The lowest BCUT2D eigenvalue weighted by Gasteiger charge is -2.06. The molecule has 1 N–H and O–H groups in total. The van der Waals surface area contributed by atoms with Crippen LogP contribution in [-0.2, 0) is 4.79 Å². The van der Waals surface area contributed by atoms with E-state index in [1.807, 2.05) is 23.6 Å². The molecule has 0 saturated heterocycles. The first-order valence-corrected chi connectivity index (χ1v) is 9.52. The van der Waals surface area contributed by atoms with E-state index in [0.29, 0.717) is 9.63 Å². The Balaban J connectivity index is 1.61. The van der Waals surface area contributed by atoms with Gasteiger partial charge in [0.2, 0.25) is 5.91 Å². The summed E-state index contributed by atoms with van der Waals surface area (Å²) in [4.78, 5) is 21.6. The van der Waals surface area contributed by atoms with Crippen molar-refractivity contribution in [2.24, 2.45) is 0 Å². The van der Waals surface area contributed by atoms with Gasteiger partial charge in [0.25, 0.3) is 0 Å². The van der Waals surface area contributed by atoms with Crippen LogP contribution in [0.3, 0.4) is 0 Å². The highest BCUT2D eigenvalue weighted by atomic mass is 79.9. The molecule has 0 unspecified atom stereocenters. The molecule has 0 aliphatic carbocycles. The average Bonchev–Trinajstić information content (AvgIpc) is 3.10. The maximum Gasteiger partial charge on any atom is 0.234 e. The van der Waals surface area contributed by atoms with Crippen molar-refractivity contribution in [3.05, 3.63) is 58.3 Å². The number of thioether (sulfide) groups is 1. The molecule has 0 saturated carbocycles. The van der Waals surface area contributed by atoms with Crippen molar-refractivity contribution < 1.29 is 9.18 Å². The SMILES string of the molecule is O=C(CSc1nccc(-c2cccs2)n1)Nc1ccc(Br)cc1F. The van der Waals surface area contributed by atoms with E-state index in [0.717, 1.165) is 10.6 Å². The smallest absolute Gasteiger partial charge is 0.234 e. The van der Waals surface area contributed by atoms with Gasteiger partial charge in [0, 0.05) is 10.7 Å². The highest BCUT2D eigenvalue weighted by molar-refractivity contribution is 9.10. The van der Waals surface area contributed by atoms with Crippen LogP contribution in [-0.4, -0.2) is 21.6 Å². The molecule has 4 nitrogen and oxygen atoms in total. The second kappa shape index (κ2) is 7.87. The van der Waals surface area contributed by atoms with Crippen molar-refractivity contribution in [1.82, 2.24) is 9.97 Å². The summed E-state index contributed by atoms with van der Waals surface area (Å²) in [6.45, 7) is 0. The summed E-state index contributed by atoms with van der Waals surface area (Å²) in [7, 11) is 0. The first-order valence-electron chi connectivity index (χ1n) is 6.86. The summed E-state index contributed by atoms with van der Waals surface area (Å²) in [5.74, 6) is -0.700. The lowest BCUT2D eigenvalue weighted by Crippen LogP contribution is -2.15. The van der Waals surface area contributed by atoms with Crippen molar-refractivity contribution in [3.8, 4) is 10.6 Å². The third-order valence-corrected chi connectivity index (χ3v) is 5.19. The standard InChI is InChI=1S/C16H11BrFN3OS2/c17-10-3-4-12(11(18)8-10)20-15(22)9-24-16-19-6-5-13(21-16)14-2-1-7-23-14/h1-8H,9H2,(H,20,22). The number of nitrogens with zero attached hydrogens (tertiary/aromatic N) is 2. The minimum absolute atomic E-state index is 0.101. The van der Waals surface area contributed by atoms with Crippen LogP contribution >= 0.6 is 39.0 Å². The fourth-order valence-corrected chi connectivity index (χ4v) is 3.54. The van der Waals surface area contributed by atoms with Crippen LogP contribution in [0.15, 0.2) is 57.6 Å². The Bertz CT molecular complexity index is 858. The number of amides is 1. The van der Waals surface area contributed by atoms with Crippen LogP contribution in [0.2, 0.25) is 0 Å². The topological polar surface area (TPSA) is 54.9 Å². The summed E-state index contributed by atoms with van der Waals surface area (Å²) >= 11 is 5.97. The molecule has 2 heterocycles. The van der Waals surface area contributed by atoms with Crippen molar-refractivity contribution in [1.29, 1.82) is 0 Å². The number of halogens is 2. The molecule has 0 aliphatic heterocycles. The Labute approximate surface area is 154 Å². The molecule has 1 aromatic carbocycles. The summed E-state index contributed by atoms with van der Waals surface area (Å²) in [5.41, 5.74) is 0.971. The van der Waals surface area contributed by atoms with Gasteiger partial charge < -0.3 is 5.32 Å². The van der Waals surface area contributed by atoms with E-state index < -0.39 is 5.82 Å². The van der Waals surface area contributed by atoms with Gasteiger partial charge in [0.05, 0.1) is 22.0 Å². The van der Waals surface area contributed by atoms with Gasteiger partial charge in [-0.3, -0.25) is 4.79 Å². The van der Waals surface area contributed by atoms with E-state index in [1.54, 1.807) is 23.6 Å². The Morgan fingerprint density at radius 3 is 2.96 bits per heavy atom. The maximum atomic E-state index is 13.7. The molecule has 0 spiro atoms. The minimum atomic E-state index is -0.487. The monoisotopic (exact) mass is 423 g/mol. The van der Waals surface area contributed by atoms with E-state index in [2.05, 4.69) is 31.2 Å². The Morgan fingerprint density at radius 1 is 1.33 bits per heavy atom. The average molecular weight is 424 g/mol. The van der Waals surface area contributed by atoms with Crippen LogP contribution in [0.4, 0.5) is 10.1 Å². The zero-order valence-corrected chi connectivity index (χ0v) is 15.4. The van der Waals surface area contributed by atoms with Gasteiger partial charge in [0.15, 0.2) is 5.16 Å². The van der Waals surface area contributed by atoms with Crippen molar-refractivity contribution in [2.45, 2.75) is 5.16 Å². The van der Waals surface area contributed by atoms with Crippen LogP contribution in [0.25, 0.3) is 10.6 Å². The van der Waals surface area contributed by atoms with Gasteiger partial charge >= 0.3 is 0 Å². The quantitative estimate of drug-likeness (QED) is 0.471. The fraction of sp³-hybridized carbons (Fsp3) is 0.0625. The Morgan fingerprint density at radius 2 is 2.21 bits per heavy atom. The van der Waals surface area contributed by atoms with Crippen LogP contribution in [0, 0.1) is 5.82 Å². The van der Waals surface area contributed by atoms with E-state index in [4.69, 9.17) is 0 Å². The maximum absolute atomic E-state index is 13.7. The molecular formula is C16H11BrFN3OS2. The first-order chi connectivity index (χ1) is 11.6. The number of aromatic nitrogens is 2. The highest BCUT2D eigenvalue weighted by Crippen LogP contribution is 2.24. The zero-order valence-electron chi connectivity index (χ0n) is 12.2. The Kier molecular flexibility index (Phi) is 5.60. The zero-order chi connectivity index (χ0) is 16.9. The number of benzene rings is 1. The molecule has 0 atom stereocenters. The van der Waals surface area contributed by atoms with E-state index in [1.165, 1.54) is 23.9 Å². The third kappa shape index (κ3) is 4.40. The largest absolute Gasteiger partial charge is 0.323 e. The minimum Gasteiger partial charge on any atom is -0.323 e. The lowest BCUT2D eigenvalue weighted by atomic mass is 10.3. The second-order valence-corrected chi connectivity index (χ2v) is 7.47. The number of hydrogen-bond donors (Lipinski definition) is 1. The van der Waals surface area contributed by atoms with E-state index >= 15 is 0 Å². The van der Waals surface area contributed by atoms with Crippen LogP contribution in [0.1, 0.15) is 0 Å². The third-order valence-electron chi connectivity index (χ3n) is 2.94. The molecule has 8 heteroatoms. The number of anilines is 1. The molecule has 3 aromatic rings. The first kappa shape index (κ1) is 17.1. The highest BCUT2D eigenvalue weighted by Gasteiger charge is 2.10. The molecule has 0 aliphatic rings. The molecule has 1 amide bonds. The molecule has 0 radical (unpaired) electrons. The number of carbonyl (C=O) groups is 1. The van der Waals surface area contributed by atoms with Gasteiger partial charge in [-0.25, -0.2) is 14.4 Å². The van der Waals surface area contributed by atoms with Gasteiger partial charge in [-0.15, -0.1) is 11.3 Å². The second-order valence-electron chi connectivity index (χ2n) is 4.66.